The van der Waals surface area contributed by atoms with E-state index in [9.17, 15) is 4.79 Å². The van der Waals surface area contributed by atoms with E-state index in [2.05, 4.69) is 10.3 Å². The van der Waals surface area contributed by atoms with Crippen LogP contribution in [-0.4, -0.2) is 16.9 Å². The number of hydrogen-bond donors (Lipinski definition) is 2. The lowest BCUT2D eigenvalue weighted by atomic mass is 10.2. The Labute approximate surface area is 99.8 Å². The van der Waals surface area contributed by atoms with E-state index in [-0.39, 0.29) is 5.91 Å². The van der Waals surface area contributed by atoms with Crippen molar-refractivity contribution in [2.75, 3.05) is 5.32 Å². The number of nitrogens with zero attached hydrogens (tertiary/aromatic N) is 1. The summed E-state index contributed by atoms with van der Waals surface area (Å²) in [7, 11) is 0. The number of fused-ring (bicyclic) bond motifs is 1. The SMILES string of the molecule is CC[C@@H](N)C(=O)Nc1ccc2ncccc2c1. The summed E-state index contributed by atoms with van der Waals surface area (Å²) < 4.78 is 0. The standard InChI is InChI=1S/C13H15N3O/c1-2-11(14)13(17)16-10-5-6-12-9(8-10)4-3-7-15-12/h3-8,11H,2,14H2,1H3,(H,16,17)/t11-/m1/s1. The molecule has 4 nitrogen and oxygen atoms in total. The van der Waals surface area contributed by atoms with Crippen molar-refractivity contribution in [1.82, 2.24) is 4.98 Å². The van der Waals surface area contributed by atoms with Gasteiger partial charge >= 0.3 is 0 Å². The zero-order valence-electron chi connectivity index (χ0n) is 9.68. The van der Waals surface area contributed by atoms with Crippen molar-refractivity contribution in [1.29, 1.82) is 0 Å². The molecule has 0 radical (unpaired) electrons. The van der Waals surface area contributed by atoms with Crippen molar-refractivity contribution in [2.24, 2.45) is 5.73 Å². The van der Waals surface area contributed by atoms with Gasteiger partial charge in [0.05, 0.1) is 11.6 Å². The van der Waals surface area contributed by atoms with Gasteiger partial charge in [0.1, 0.15) is 0 Å². The third-order valence-corrected chi connectivity index (χ3v) is 2.65. The first-order valence-electron chi connectivity index (χ1n) is 5.62. The predicted molar refractivity (Wildman–Crippen MR) is 68.6 cm³/mol. The van der Waals surface area contributed by atoms with E-state index >= 15 is 0 Å². The Morgan fingerprint density at radius 2 is 2.29 bits per heavy atom. The normalized spacial score (nSPS) is 12.4. The van der Waals surface area contributed by atoms with Gasteiger partial charge in [0, 0.05) is 17.3 Å². The molecular formula is C13H15N3O. The maximum absolute atomic E-state index is 11.6. The maximum Gasteiger partial charge on any atom is 0.241 e. The summed E-state index contributed by atoms with van der Waals surface area (Å²) in [5, 5.41) is 3.79. The lowest BCUT2D eigenvalue weighted by molar-refractivity contribution is -0.117. The fraction of sp³-hybridized carbons (Fsp3) is 0.231. The number of anilines is 1. The molecule has 2 aromatic rings. The van der Waals surface area contributed by atoms with E-state index < -0.39 is 6.04 Å². The molecule has 0 saturated carbocycles. The highest BCUT2D eigenvalue weighted by Gasteiger charge is 2.10. The Morgan fingerprint density at radius 1 is 1.47 bits per heavy atom. The highest BCUT2D eigenvalue weighted by Crippen LogP contribution is 2.17. The summed E-state index contributed by atoms with van der Waals surface area (Å²) in [6.07, 6.45) is 2.37. The van der Waals surface area contributed by atoms with Gasteiger partial charge in [-0.3, -0.25) is 9.78 Å². The minimum atomic E-state index is -0.459. The second-order valence-electron chi connectivity index (χ2n) is 3.91. The van der Waals surface area contributed by atoms with E-state index in [4.69, 9.17) is 5.73 Å². The fourth-order valence-corrected chi connectivity index (χ4v) is 1.57. The van der Waals surface area contributed by atoms with E-state index in [0.717, 1.165) is 16.6 Å². The lowest BCUT2D eigenvalue weighted by Crippen LogP contribution is -2.34. The van der Waals surface area contributed by atoms with Crippen molar-refractivity contribution < 1.29 is 4.79 Å². The molecule has 1 heterocycles. The number of benzene rings is 1. The van der Waals surface area contributed by atoms with Crippen LogP contribution in [0.15, 0.2) is 36.5 Å². The second-order valence-corrected chi connectivity index (χ2v) is 3.91. The van der Waals surface area contributed by atoms with Crippen molar-refractivity contribution in [3.63, 3.8) is 0 Å². The first-order chi connectivity index (χ1) is 8.20. The molecule has 0 aliphatic rings. The topological polar surface area (TPSA) is 68.0 Å². The third kappa shape index (κ3) is 2.60. The fourth-order valence-electron chi connectivity index (χ4n) is 1.57. The second kappa shape index (κ2) is 4.93. The summed E-state index contributed by atoms with van der Waals surface area (Å²) in [5.41, 5.74) is 7.31. The van der Waals surface area contributed by atoms with Gasteiger partial charge in [-0.1, -0.05) is 13.0 Å². The molecule has 0 bridgehead atoms. The minimum Gasteiger partial charge on any atom is -0.325 e. The zero-order valence-corrected chi connectivity index (χ0v) is 9.68. The number of hydrogen-bond acceptors (Lipinski definition) is 3. The van der Waals surface area contributed by atoms with Gasteiger partial charge in [-0.25, -0.2) is 0 Å². The van der Waals surface area contributed by atoms with Crippen LogP contribution in [0.4, 0.5) is 5.69 Å². The summed E-state index contributed by atoms with van der Waals surface area (Å²) in [5.74, 6) is -0.157. The third-order valence-electron chi connectivity index (χ3n) is 2.65. The molecule has 2 rings (SSSR count). The molecule has 0 unspecified atom stereocenters. The largest absolute Gasteiger partial charge is 0.325 e. The highest BCUT2D eigenvalue weighted by molar-refractivity contribution is 5.96. The minimum absolute atomic E-state index is 0.157. The average Bonchev–Trinajstić information content (AvgIpc) is 2.37. The van der Waals surface area contributed by atoms with Gasteiger partial charge < -0.3 is 11.1 Å². The van der Waals surface area contributed by atoms with E-state index in [1.807, 2.05) is 37.3 Å². The van der Waals surface area contributed by atoms with Crippen molar-refractivity contribution >= 4 is 22.5 Å². The van der Waals surface area contributed by atoms with Crippen LogP contribution < -0.4 is 11.1 Å². The molecule has 1 aromatic heterocycles. The van der Waals surface area contributed by atoms with Gasteiger partial charge in [0.2, 0.25) is 5.91 Å². The van der Waals surface area contributed by atoms with E-state index in [1.165, 1.54) is 0 Å². The van der Waals surface area contributed by atoms with Crippen LogP contribution in [0.25, 0.3) is 10.9 Å². The van der Waals surface area contributed by atoms with E-state index in [0.29, 0.717) is 6.42 Å². The number of nitrogens with two attached hydrogens (primary N) is 1. The molecule has 0 aliphatic heterocycles. The highest BCUT2D eigenvalue weighted by atomic mass is 16.2. The van der Waals surface area contributed by atoms with Gasteiger partial charge in [-0.15, -0.1) is 0 Å². The van der Waals surface area contributed by atoms with Crippen LogP contribution in [-0.2, 0) is 4.79 Å². The summed E-state index contributed by atoms with van der Waals surface area (Å²) in [6.45, 7) is 1.88. The predicted octanol–water partition coefficient (Wildman–Crippen LogP) is 1.91. The van der Waals surface area contributed by atoms with E-state index in [1.54, 1.807) is 6.20 Å². The Kier molecular flexibility index (Phi) is 3.35. The molecule has 0 spiro atoms. The number of carbonyl (C=O) groups excluding carboxylic acids is 1. The molecule has 1 amide bonds. The number of carbonyl (C=O) groups is 1. The van der Waals surface area contributed by atoms with Crippen LogP contribution >= 0.6 is 0 Å². The number of nitrogens with one attached hydrogen (secondary N) is 1. The lowest BCUT2D eigenvalue weighted by Gasteiger charge is -2.10. The number of amides is 1. The first kappa shape index (κ1) is 11.5. The monoisotopic (exact) mass is 229 g/mol. The number of pyridine rings is 1. The van der Waals surface area contributed by atoms with Gasteiger partial charge in [-0.2, -0.15) is 0 Å². The van der Waals surface area contributed by atoms with Crippen LogP contribution in [0, 0.1) is 0 Å². The molecule has 1 aromatic carbocycles. The first-order valence-corrected chi connectivity index (χ1v) is 5.62. The average molecular weight is 229 g/mol. The molecule has 1 atom stereocenters. The summed E-state index contributed by atoms with van der Waals surface area (Å²) in [4.78, 5) is 15.8. The quantitative estimate of drug-likeness (QED) is 0.844. The Morgan fingerprint density at radius 3 is 3.06 bits per heavy atom. The van der Waals surface area contributed by atoms with Crippen LogP contribution in [0.5, 0.6) is 0 Å². The molecule has 0 saturated heterocycles. The number of rotatable bonds is 3. The summed E-state index contributed by atoms with van der Waals surface area (Å²) >= 11 is 0. The smallest absolute Gasteiger partial charge is 0.241 e. The maximum atomic E-state index is 11.6. The Balaban J connectivity index is 2.22. The van der Waals surface area contributed by atoms with Crippen molar-refractivity contribution in [2.45, 2.75) is 19.4 Å². The molecular weight excluding hydrogens is 214 g/mol. The van der Waals surface area contributed by atoms with Gasteiger partial charge in [0.15, 0.2) is 0 Å². The molecule has 88 valence electrons. The Bertz CT molecular complexity index is 539. The van der Waals surface area contributed by atoms with Crippen LogP contribution in [0.3, 0.4) is 0 Å². The van der Waals surface area contributed by atoms with Crippen LogP contribution in [0.2, 0.25) is 0 Å². The van der Waals surface area contributed by atoms with Crippen LogP contribution in [0.1, 0.15) is 13.3 Å². The zero-order chi connectivity index (χ0) is 12.3. The van der Waals surface area contributed by atoms with Crippen molar-refractivity contribution in [3.8, 4) is 0 Å². The number of aromatic nitrogens is 1. The summed E-state index contributed by atoms with van der Waals surface area (Å²) in [6, 6.07) is 8.96. The molecule has 4 heteroatoms. The molecule has 0 fully saturated rings. The van der Waals surface area contributed by atoms with Gasteiger partial charge in [0.25, 0.3) is 0 Å². The van der Waals surface area contributed by atoms with Gasteiger partial charge in [-0.05, 0) is 30.7 Å². The van der Waals surface area contributed by atoms with Crippen molar-refractivity contribution in [3.05, 3.63) is 36.5 Å². The molecule has 0 aliphatic carbocycles. The molecule has 17 heavy (non-hydrogen) atoms. The molecule has 3 N–H and O–H groups in total. The Hall–Kier alpha value is -1.94.